The molecule has 0 aromatic heterocycles. The maximum atomic E-state index is 11.5. The summed E-state index contributed by atoms with van der Waals surface area (Å²) in [6, 6.07) is 0. The van der Waals surface area contributed by atoms with Gasteiger partial charge in [-0.15, -0.1) is 0 Å². The summed E-state index contributed by atoms with van der Waals surface area (Å²) in [6.45, 7) is 8.59. The third-order valence-corrected chi connectivity index (χ3v) is 3.24. The number of rotatable bonds is 2. The number of likely N-dealkylation sites (tertiary alicyclic amines) is 1. The highest BCUT2D eigenvalue weighted by molar-refractivity contribution is 5.67. The standard InChI is InChI=1S/C12H23NO2/c1-4-15-12(14)13-8-5-6-11(7-9-13)10(2)3/h10-11H,4-9H2,1-3H3. The van der Waals surface area contributed by atoms with Gasteiger partial charge in [-0.3, -0.25) is 0 Å². The van der Waals surface area contributed by atoms with Gasteiger partial charge in [0, 0.05) is 13.1 Å². The van der Waals surface area contributed by atoms with Crippen LogP contribution in [-0.2, 0) is 4.74 Å². The Morgan fingerprint density at radius 1 is 1.40 bits per heavy atom. The van der Waals surface area contributed by atoms with Crippen molar-refractivity contribution in [2.24, 2.45) is 11.8 Å². The second-order valence-corrected chi connectivity index (χ2v) is 4.62. The van der Waals surface area contributed by atoms with Crippen molar-refractivity contribution < 1.29 is 9.53 Å². The van der Waals surface area contributed by atoms with Crippen LogP contribution in [-0.4, -0.2) is 30.7 Å². The van der Waals surface area contributed by atoms with E-state index in [4.69, 9.17) is 4.74 Å². The van der Waals surface area contributed by atoms with Crippen LogP contribution in [0.15, 0.2) is 0 Å². The van der Waals surface area contributed by atoms with Crippen molar-refractivity contribution in [2.75, 3.05) is 19.7 Å². The molecule has 1 fully saturated rings. The lowest BCUT2D eigenvalue weighted by Crippen LogP contribution is -2.32. The molecule has 1 aliphatic heterocycles. The average molecular weight is 213 g/mol. The van der Waals surface area contributed by atoms with Crippen LogP contribution in [0.4, 0.5) is 4.79 Å². The normalized spacial score (nSPS) is 22.7. The summed E-state index contributed by atoms with van der Waals surface area (Å²) >= 11 is 0. The van der Waals surface area contributed by atoms with Crippen molar-refractivity contribution in [1.82, 2.24) is 4.90 Å². The number of ether oxygens (including phenoxy) is 1. The highest BCUT2D eigenvalue weighted by atomic mass is 16.6. The van der Waals surface area contributed by atoms with Crippen molar-refractivity contribution in [3.63, 3.8) is 0 Å². The van der Waals surface area contributed by atoms with Crippen LogP contribution in [0.25, 0.3) is 0 Å². The van der Waals surface area contributed by atoms with E-state index >= 15 is 0 Å². The highest BCUT2D eigenvalue weighted by Gasteiger charge is 2.22. The van der Waals surface area contributed by atoms with Gasteiger partial charge < -0.3 is 9.64 Å². The highest BCUT2D eigenvalue weighted by Crippen LogP contribution is 2.24. The zero-order valence-corrected chi connectivity index (χ0v) is 10.2. The minimum Gasteiger partial charge on any atom is -0.450 e. The number of hydrogen-bond donors (Lipinski definition) is 0. The van der Waals surface area contributed by atoms with Gasteiger partial charge in [0.05, 0.1) is 6.61 Å². The van der Waals surface area contributed by atoms with E-state index < -0.39 is 0 Å². The second kappa shape index (κ2) is 5.99. The largest absolute Gasteiger partial charge is 0.450 e. The Morgan fingerprint density at radius 3 is 2.73 bits per heavy atom. The molecule has 0 aromatic carbocycles. The monoisotopic (exact) mass is 213 g/mol. The summed E-state index contributed by atoms with van der Waals surface area (Å²) in [6.07, 6.45) is 3.34. The summed E-state index contributed by atoms with van der Waals surface area (Å²) in [7, 11) is 0. The predicted molar refractivity (Wildman–Crippen MR) is 60.8 cm³/mol. The van der Waals surface area contributed by atoms with E-state index in [2.05, 4.69) is 13.8 Å². The minimum absolute atomic E-state index is 0.137. The Balaban J connectivity index is 2.42. The molecule has 0 spiro atoms. The Morgan fingerprint density at radius 2 is 2.13 bits per heavy atom. The Labute approximate surface area is 92.8 Å². The zero-order valence-electron chi connectivity index (χ0n) is 10.2. The lowest BCUT2D eigenvalue weighted by Gasteiger charge is -2.20. The molecular formula is C12H23NO2. The van der Waals surface area contributed by atoms with Gasteiger partial charge in [-0.1, -0.05) is 13.8 Å². The Kier molecular flexibility index (Phi) is 4.92. The minimum atomic E-state index is -0.137. The molecule has 1 heterocycles. The predicted octanol–water partition coefficient (Wildman–Crippen LogP) is 2.90. The van der Waals surface area contributed by atoms with Gasteiger partial charge in [0.2, 0.25) is 0 Å². The molecule has 0 N–H and O–H groups in total. The van der Waals surface area contributed by atoms with Crippen LogP contribution in [0.1, 0.15) is 40.0 Å². The van der Waals surface area contributed by atoms with E-state index in [1.165, 1.54) is 6.42 Å². The molecule has 3 nitrogen and oxygen atoms in total. The summed E-state index contributed by atoms with van der Waals surface area (Å²) in [5, 5.41) is 0. The van der Waals surface area contributed by atoms with Gasteiger partial charge in [-0.2, -0.15) is 0 Å². The zero-order chi connectivity index (χ0) is 11.3. The number of carbonyl (C=O) groups excluding carboxylic acids is 1. The van der Waals surface area contributed by atoms with Crippen molar-refractivity contribution in [1.29, 1.82) is 0 Å². The molecular weight excluding hydrogens is 190 g/mol. The fraction of sp³-hybridized carbons (Fsp3) is 0.917. The van der Waals surface area contributed by atoms with Crippen LogP contribution in [0, 0.1) is 11.8 Å². The second-order valence-electron chi connectivity index (χ2n) is 4.62. The van der Waals surface area contributed by atoms with Crippen molar-refractivity contribution in [3.05, 3.63) is 0 Å². The lowest BCUT2D eigenvalue weighted by molar-refractivity contribution is 0.108. The summed E-state index contributed by atoms with van der Waals surface area (Å²) in [4.78, 5) is 13.4. The molecule has 15 heavy (non-hydrogen) atoms. The van der Waals surface area contributed by atoms with E-state index in [0.717, 1.165) is 37.8 Å². The number of carbonyl (C=O) groups is 1. The molecule has 1 unspecified atom stereocenters. The van der Waals surface area contributed by atoms with Crippen LogP contribution >= 0.6 is 0 Å². The fourth-order valence-electron chi connectivity index (χ4n) is 2.19. The van der Waals surface area contributed by atoms with E-state index in [-0.39, 0.29) is 6.09 Å². The molecule has 3 heteroatoms. The fourth-order valence-corrected chi connectivity index (χ4v) is 2.19. The molecule has 0 saturated carbocycles. The average Bonchev–Trinajstić information content (AvgIpc) is 2.43. The van der Waals surface area contributed by atoms with Crippen LogP contribution in [0.2, 0.25) is 0 Å². The smallest absolute Gasteiger partial charge is 0.409 e. The number of hydrogen-bond acceptors (Lipinski definition) is 2. The molecule has 1 amide bonds. The summed E-state index contributed by atoms with van der Waals surface area (Å²) in [5.74, 6) is 1.50. The topological polar surface area (TPSA) is 29.5 Å². The lowest BCUT2D eigenvalue weighted by atomic mass is 9.89. The van der Waals surface area contributed by atoms with Crippen molar-refractivity contribution in [3.8, 4) is 0 Å². The Bertz CT molecular complexity index is 204. The van der Waals surface area contributed by atoms with Gasteiger partial charge in [0.15, 0.2) is 0 Å². The van der Waals surface area contributed by atoms with Gasteiger partial charge in [-0.25, -0.2) is 4.79 Å². The van der Waals surface area contributed by atoms with Crippen LogP contribution < -0.4 is 0 Å². The van der Waals surface area contributed by atoms with Gasteiger partial charge >= 0.3 is 6.09 Å². The summed E-state index contributed by atoms with van der Waals surface area (Å²) in [5.41, 5.74) is 0. The number of amides is 1. The molecule has 1 saturated heterocycles. The van der Waals surface area contributed by atoms with Gasteiger partial charge in [-0.05, 0) is 38.0 Å². The first-order valence-corrected chi connectivity index (χ1v) is 6.06. The van der Waals surface area contributed by atoms with E-state index in [9.17, 15) is 4.79 Å². The maximum Gasteiger partial charge on any atom is 0.409 e. The van der Waals surface area contributed by atoms with Gasteiger partial charge in [0.25, 0.3) is 0 Å². The third kappa shape index (κ3) is 3.73. The van der Waals surface area contributed by atoms with Crippen molar-refractivity contribution >= 4 is 6.09 Å². The van der Waals surface area contributed by atoms with E-state index in [1.807, 2.05) is 11.8 Å². The van der Waals surface area contributed by atoms with Crippen LogP contribution in [0.3, 0.4) is 0 Å². The molecule has 0 radical (unpaired) electrons. The quantitative estimate of drug-likeness (QED) is 0.706. The molecule has 1 atom stereocenters. The molecule has 1 rings (SSSR count). The molecule has 1 aliphatic rings. The maximum absolute atomic E-state index is 11.5. The molecule has 0 bridgehead atoms. The summed E-state index contributed by atoms with van der Waals surface area (Å²) < 4.78 is 5.02. The van der Waals surface area contributed by atoms with Crippen LogP contribution in [0.5, 0.6) is 0 Å². The first kappa shape index (κ1) is 12.3. The van der Waals surface area contributed by atoms with Crippen molar-refractivity contribution in [2.45, 2.75) is 40.0 Å². The number of nitrogens with zero attached hydrogens (tertiary/aromatic N) is 1. The van der Waals surface area contributed by atoms with E-state index in [1.54, 1.807) is 0 Å². The SMILES string of the molecule is CCOC(=O)N1CCCC(C(C)C)CC1. The molecule has 0 aliphatic carbocycles. The molecule has 0 aromatic rings. The first-order valence-electron chi connectivity index (χ1n) is 6.06. The third-order valence-electron chi connectivity index (χ3n) is 3.24. The Hall–Kier alpha value is -0.730. The van der Waals surface area contributed by atoms with Gasteiger partial charge in [0.1, 0.15) is 0 Å². The van der Waals surface area contributed by atoms with E-state index in [0.29, 0.717) is 6.61 Å². The first-order chi connectivity index (χ1) is 7.15. The molecule has 88 valence electrons.